The molecule has 3 aliphatic rings. The number of amides is 1. The quantitative estimate of drug-likeness (QED) is 0.203. The molecule has 1 fully saturated rings. The molecule has 1 amide bonds. The number of Topliss-reactive ketones (excluding diaryl/α,β-unsaturated/α-hetero) is 2. The van der Waals surface area contributed by atoms with E-state index >= 15 is 0 Å². The van der Waals surface area contributed by atoms with Crippen molar-refractivity contribution in [1.29, 1.82) is 0 Å². The molecular formula is C33H24N4O5. The lowest BCUT2D eigenvalue weighted by Crippen LogP contribution is -2.51. The van der Waals surface area contributed by atoms with E-state index in [9.17, 15) is 24.5 Å². The van der Waals surface area contributed by atoms with Crippen LogP contribution in [0.5, 0.6) is 0 Å². The number of ketones is 2. The Labute approximate surface area is 240 Å². The second-order valence-electron chi connectivity index (χ2n) is 10.8. The highest BCUT2D eigenvalue weighted by atomic mass is 16.6. The van der Waals surface area contributed by atoms with Crippen molar-refractivity contribution in [3.63, 3.8) is 0 Å². The number of aromatic nitrogens is 1. The van der Waals surface area contributed by atoms with E-state index in [-0.39, 0.29) is 22.9 Å². The summed E-state index contributed by atoms with van der Waals surface area (Å²) in [6.07, 6.45) is 5.01. The monoisotopic (exact) mass is 556 g/mol. The third-order valence-corrected chi connectivity index (χ3v) is 8.76. The van der Waals surface area contributed by atoms with Crippen LogP contribution < -0.4 is 10.2 Å². The van der Waals surface area contributed by atoms with E-state index in [2.05, 4.69) is 10.3 Å². The molecule has 4 aromatic rings. The Morgan fingerprint density at radius 3 is 2.31 bits per heavy atom. The lowest BCUT2D eigenvalue weighted by molar-refractivity contribution is -0.384. The van der Waals surface area contributed by atoms with Gasteiger partial charge in [-0.05, 0) is 54.5 Å². The van der Waals surface area contributed by atoms with Crippen LogP contribution in [0.2, 0.25) is 0 Å². The van der Waals surface area contributed by atoms with Gasteiger partial charge in [0, 0.05) is 52.6 Å². The third-order valence-electron chi connectivity index (χ3n) is 8.76. The summed E-state index contributed by atoms with van der Waals surface area (Å²) in [5, 5.41) is 14.3. The van der Waals surface area contributed by atoms with E-state index in [0.717, 1.165) is 16.8 Å². The fourth-order valence-electron chi connectivity index (χ4n) is 7.00. The van der Waals surface area contributed by atoms with E-state index in [1.165, 1.54) is 36.7 Å². The van der Waals surface area contributed by atoms with Gasteiger partial charge in [0.05, 0.1) is 16.9 Å². The van der Waals surface area contributed by atoms with E-state index in [1.54, 1.807) is 18.2 Å². The molecule has 1 spiro atoms. The fraction of sp³-hybridized carbons (Fsp3) is 0.152. The summed E-state index contributed by atoms with van der Waals surface area (Å²) in [6, 6.07) is 21.7. The van der Waals surface area contributed by atoms with Crippen molar-refractivity contribution in [2.24, 2.45) is 5.92 Å². The third kappa shape index (κ3) is 3.43. The summed E-state index contributed by atoms with van der Waals surface area (Å²) in [4.78, 5) is 60.5. The van der Waals surface area contributed by atoms with E-state index < -0.39 is 34.1 Å². The average Bonchev–Trinajstić information content (AvgIpc) is 3.49. The molecule has 4 heterocycles. The maximum atomic E-state index is 14.7. The Bertz CT molecular complexity index is 1830. The zero-order valence-corrected chi connectivity index (χ0v) is 22.4. The molecule has 4 atom stereocenters. The number of nitrogens with zero attached hydrogens (tertiary/aromatic N) is 3. The highest BCUT2D eigenvalue weighted by Gasteiger charge is 2.70. The van der Waals surface area contributed by atoms with Crippen molar-refractivity contribution < 1.29 is 19.3 Å². The molecule has 3 aromatic carbocycles. The van der Waals surface area contributed by atoms with Crippen LogP contribution in [-0.4, -0.2) is 39.5 Å². The number of fused-ring (bicyclic) bond motifs is 6. The minimum absolute atomic E-state index is 0.150. The minimum atomic E-state index is -1.44. The van der Waals surface area contributed by atoms with Gasteiger partial charge in [-0.2, -0.15) is 0 Å². The van der Waals surface area contributed by atoms with Crippen molar-refractivity contribution in [2.75, 3.05) is 10.2 Å². The summed E-state index contributed by atoms with van der Waals surface area (Å²) in [5.74, 6) is -2.25. The first-order chi connectivity index (χ1) is 20.3. The summed E-state index contributed by atoms with van der Waals surface area (Å²) in [7, 11) is 0. The Morgan fingerprint density at radius 2 is 1.57 bits per heavy atom. The standard InChI is InChI=1S/C33H24N4O5/c1-19-18-27-33(24-7-3-4-8-25(24)35-32(33)40)28(30(38)21-14-16-34-17-15-21)29(36(27)26-9-5-2-6-23(19)26)31(39)20-10-12-22(13-11-20)37(41)42/h2-18,27-29H,1H3,(H,35,40)/t27-,28+,29+,33-/m0/s1. The van der Waals surface area contributed by atoms with E-state index in [1.807, 2.05) is 60.4 Å². The fourth-order valence-corrected chi connectivity index (χ4v) is 7.00. The molecule has 0 saturated carbocycles. The number of nitro benzene ring substituents is 1. The predicted octanol–water partition coefficient (Wildman–Crippen LogP) is 5.24. The van der Waals surface area contributed by atoms with Crippen LogP contribution in [-0.2, 0) is 10.2 Å². The van der Waals surface area contributed by atoms with Crippen molar-refractivity contribution in [2.45, 2.75) is 24.4 Å². The molecular weight excluding hydrogens is 532 g/mol. The van der Waals surface area contributed by atoms with Gasteiger partial charge in [-0.15, -0.1) is 0 Å². The Hall–Kier alpha value is -5.44. The number of carbonyl (C=O) groups is 3. The van der Waals surface area contributed by atoms with Crippen LogP contribution in [0.1, 0.15) is 38.8 Å². The van der Waals surface area contributed by atoms with Gasteiger partial charge in [-0.25, -0.2) is 0 Å². The van der Waals surface area contributed by atoms with Gasteiger partial charge < -0.3 is 10.2 Å². The number of nitrogens with one attached hydrogen (secondary N) is 1. The number of allylic oxidation sites excluding steroid dienone is 1. The first-order valence-corrected chi connectivity index (χ1v) is 13.5. The normalized spacial score (nSPS) is 23.5. The summed E-state index contributed by atoms with van der Waals surface area (Å²) < 4.78 is 0. The number of anilines is 2. The first kappa shape index (κ1) is 25.5. The molecule has 1 aromatic heterocycles. The number of rotatable bonds is 5. The van der Waals surface area contributed by atoms with Crippen molar-refractivity contribution in [1.82, 2.24) is 4.98 Å². The summed E-state index contributed by atoms with van der Waals surface area (Å²) in [5.41, 5.74) is 2.78. The zero-order valence-electron chi connectivity index (χ0n) is 22.4. The number of nitro groups is 1. The maximum Gasteiger partial charge on any atom is 0.269 e. The van der Waals surface area contributed by atoms with Gasteiger partial charge in [-0.1, -0.05) is 42.5 Å². The van der Waals surface area contributed by atoms with Crippen LogP contribution >= 0.6 is 0 Å². The predicted molar refractivity (Wildman–Crippen MR) is 156 cm³/mol. The largest absolute Gasteiger partial charge is 0.352 e. The van der Waals surface area contributed by atoms with Crippen LogP contribution in [0.25, 0.3) is 5.57 Å². The number of benzene rings is 3. The van der Waals surface area contributed by atoms with Crippen LogP contribution in [0.3, 0.4) is 0 Å². The molecule has 0 aliphatic carbocycles. The lowest BCUT2D eigenvalue weighted by atomic mass is 9.64. The van der Waals surface area contributed by atoms with Gasteiger partial charge in [0.2, 0.25) is 5.91 Å². The summed E-state index contributed by atoms with van der Waals surface area (Å²) >= 11 is 0. The van der Waals surface area contributed by atoms with Crippen LogP contribution in [0.4, 0.5) is 17.1 Å². The highest BCUT2D eigenvalue weighted by molar-refractivity contribution is 6.18. The SMILES string of the molecule is CC1=C[C@@H]2N(c3ccccc31)[C@@H](C(=O)c1ccc([N+](=O)[O-])cc1)[C@H](C(=O)c1ccncc1)[C@@]21C(=O)Nc2ccccc21. The van der Waals surface area contributed by atoms with Crippen molar-refractivity contribution in [3.8, 4) is 0 Å². The Morgan fingerprint density at radius 1 is 0.905 bits per heavy atom. The number of pyridine rings is 1. The lowest BCUT2D eigenvalue weighted by Gasteiger charge is -2.39. The molecule has 3 aliphatic heterocycles. The van der Waals surface area contributed by atoms with Crippen molar-refractivity contribution in [3.05, 3.63) is 136 Å². The molecule has 0 radical (unpaired) electrons. The van der Waals surface area contributed by atoms with Crippen molar-refractivity contribution >= 4 is 40.1 Å². The van der Waals surface area contributed by atoms with Crippen LogP contribution in [0.15, 0.2) is 103 Å². The molecule has 42 heavy (non-hydrogen) atoms. The number of hydrogen-bond donors (Lipinski definition) is 1. The van der Waals surface area contributed by atoms with E-state index in [0.29, 0.717) is 16.8 Å². The van der Waals surface area contributed by atoms with Gasteiger partial charge >= 0.3 is 0 Å². The second kappa shape index (κ2) is 9.31. The van der Waals surface area contributed by atoms with E-state index in [4.69, 9.17) is 0 Å². The first-order valence-electron chi connectivity index (χ1n) is 13.5. The Balaban J connectivity index is 1.53. The number of non-ortho nitro benzene ring substituents is 1. The number of hydrogen-bond acceptors (Lipinski definition) is 7. The average molecular weight is 557 g/mol. The van der Waals surface area contributed by atoms with Gasteiger partial charge in [0.25, 0.3) is 5.69 Å². The topological polar surface area (TPSA) is 123 Å². The maximum absolute atomic E-state index is 14.7. The molecule has 1 N–H and O–H groups in total. The summed E-state index contributed by atoms with van der Waals surface area (Å²) in [6.45, 7) is 1.97. The molecule has 206 valence electrons. The molecule has 7 rings (SSSR count). The number of carbonyl (C=O) groups excluding carboxylic acids is 3. The highest BCUT2D eigenvalue weighted by Crippen LogP contribution is 2.58. The molecule has 1 saturated heterocycles. The van der Waals surface area contributed by atoms with Gasteiger partial charge in [-0.3, -0.25) is 29.5 Å². The zero-order chi connectivity index (χ0) is 29.2. The molecule has 0 bridgehead atoms. The molecule has 0 unspecified atom stereocenters. The second-order valence-corrected chi connectivity index (χ2v) is 10.8. The Kier molecular flexibility index (Phi) is 5.65. The van der Waals surface area contributed by atoms with Gasteiger partial charge in [0.15, 0.2) is 11.6 Å². The smallest absolute Gasteiger partial charge is 0.269 e. The number of para-hydroxylation sites is 2. The minimum Gasteiger partial charge on any atom is -0.352 e. The van der Waals surface area contributed by atoms with Gasteiger partial charge in [0.1, 0.15) is 11.5 Å². The van der Waals surface area contributed by atoms with Crippen LogP contribution in [0, 0.1) is 16.0 Å². The molecule has 9 heteroatoms. The molecule has 9 nitrogen and oxygen atoms in total.